The zero-order valence-electron chi connectivity index (χ0n) is 5.72. The van der Waals surface area contributed by atoms with Crippen LogP contribution in [-0.4, -0.2) is 18.4 Å². The number of carbonyl (C=O) groups is 2. The highest BCUT2D eigenvalue weighted by atomic mass is 16.5. The van der Waals surface area contributed by atoms with Crippen LogP contribution in [0.4, 0.5) is 0 Å². The van der Waals surface area contributed by atoms with Crippen LogP contribution in [0.15, 0.2) is 11.6 Å². The summed E-state index contributed by atoms with van der Waals surface area (Å²) in [6.45, 7) is 2.10. The van der Waals surface area contributed by atoms with Gasteiger partial charge in [-0.1, -0.05) is 6.08 Å². The maximum absolute atomic E-state index is 10.6. The molecule has 3 heteroatoms. The molecule has 0 atom stereocenters. The Hall–Kier alpha value is -1.12. The molecule has 1 aliphatic heterocycles. The molecule has 1 saturated heterocycles. The lowest BCUT2D eigenvalue weighted by atomic mass is 10.1. The number of hydrogen-bond acceptors (Lipinski definition) is 3. The molecule has 1 aliphatic rings. The van der Waals surface area contributed by atoms with Crippen LogP contribution < -0.4 is 0 Å². The molecular formula is C7H8O3. The van der Waals surface area contributed by atoms with Crippen molar-refractivity contribution in [1.29, 1.82) is 0 Å². The highest BCUT2D eigenvalue weighted by Crippen LogP contribution is 2.09. The molecule has 0 saturated carbocycles. The Morgan fingerprint density at radius 3 is 2.70 bits per heavy atom. The summed E-state index contributed by atoms with van der Waals surface area (Å²) < 4.78 is 4.54. The molecule has 0 aromatic rings. The van der Waals surface area contributed by atoms with Crippen molar-refractivity contribution in [2.45, 2.75) is 13.3 Å². The molecular weight excluding hydrogens is 132 g/mol. The molecule has 1 rings (SSSR count). The summed E-state index contributed by atoms with van der Waals surface area (Å²) in [6, 6.07) is 0. The van der Waals surface area contributed by atoms with Crippen molar-refractivity contribution in [3.63, 3.8) is 0 Å². The lowest BCUT2D eigenvalue weighted by Crippen LogP contribution is -2.25. The van der Waals surface area contributed by atoms with E-state index in [0.717, 1.165) is 5.57 Å². The van der Waals surface area contributed by atoms with E-state index in [0.29, 0.717) is 0 Å². The smallest absolute Gasteiger partial charge is 0.375 e. The van der Waals surface area contributed by atoms with Crippen molar-refractivity contribution in [3.05, 3.63) is 11.6 Å². The van der Waals surface area contributed by atoms with E-state index in [4.69, 9.17) is 0 Å². The molecule has 0 N–H and O–H groups in total. The van der Waals surface area contributed by atoms with Gasteiger partial charge in [0.2, 0.25) is 5.78 Å². The molecule has 0 aromatic heterocycles. The number of ketones is 1. The highest BCUT2D eigenvalue weighted by Gasteiger charge is 2.22. The number of rotatable bonds is 0. The van der Waals surface area contributed by atoms with Crippen LogP contribution in [0.3, 0.4) is 0 Å². The van der Waals surface area contributed by atoms with E-state index < -0.39 is 11.8 Å². The van der Waals surface area contributed by atoms with Gasteiger partial charge in [0.1, 0.15) is 6.61 Å². The first-order chi connectivity index (χ1) is 4.74. The maximum atomic E-state index is 10.6. The van der Waals surface area contributed by atoms with Gasteiger partial charge in [-0.3, -0.25) is 4.79 Å². The summed E-state index contributed by atoms with van der Waals surface area (Å²) in [5, 5.41) is 0. The standard InChI is InChI=1S/C7H8O3/c1-2-5-3-6(8)7(9)10-4-5/h2H,3-4H2,1H3/b5-2+. The molecule has 0 aliphatic carbocycles. The van der Waals surface area contributed by atoms with Gasteiger partial charge in [0.15, 0.2) is 0 Å². The minimum atomic E-state index is -0.703. The topological polar surface area (TPSA) is 43.4 Å². The summed E-state index contributed by atoms with van der Waals surface area (Å²) in [7, 11) is 0. The first-order valence-corrected chi connectivity index (χ1v) is 3.08. The van der Waals surface area contributed by atoms with Crippen LogP contribution in [0.5, 0.6) is 0 Å². The van der Waals surface area contributed by atoms with Gasteiger partial charge in [-0.15, -0.1) is 0 Å². The van der Waals surface area contributed by atoms with Crippen LogP contribution in [0.1, 0.15) is 13.3 Å². The average Bonchev–Trinajstić information content (AvgIpc) is 1.95. The number of carbonyl (C=O) groups excluding carboxylic acids is 2. The van der Waals surface area contributed by atoms with Gasteiger partial charge in [0, 0.05) is 6.42 Å². The Labute approximate surface area is 58.7 Å². The second-order valence-electron chi connectivity index (χ2n) is 2.12. The third-order valence-corrected chi connectivity index (χ3v) is 1.41. The zero-order chi connectivity index (χ0) is 7.56. The van der Waals surface area contributed by atoms with Crippen LogP contribution in [0, 0.1) is 0 Å². The van der Waals surface area contributed by atoms with Crippen molar-refractivity contribution in [1.82, 2.24) is 0 Å². The summed E-state index contributed by atoms with van der Waals surface area (Å²) in [4.78, 5) is 21.1. The zero-order valence-corrected chi connectivity index (χ0v) is 5.72. The van der Waals surface area contributed by atoms with E-state index in [2.05, 4.69) is 4.74 Å². The molecule has 0 bridgehead atoms. The molecule has 0 aromatic carbocycles. The Morgan fingerprint density at radius 2 is 2.20 bits per heavy atom. The monoisotopic (exact) mass is 140 g/mol. The number of ether oxygens (including phenoxy) is 1. The van der Waals surface area contributed by atoms with Crippen LogP contribution in [0.2, 0.25) is 0 Å². The molecule has 54 valence electrons. The van der Waals surface area contributed by atoms with Crippen molar-refractivity contribution in [2.75, 3.05) is 6.61 Å². The molecule has 1 fully saturated rings. The van der Waals surface area contributed by atoms with E-state index in [-0.39, 0.29) is 13.0 Å². The van der Waals surface area contributed by atoms with E-state index >= 15 is 0 Å². The summed E-state index contributed by atoms with van der Waals surface area (Å²) in [5.74, 6) is -1.15. The minimum Gasteiger partial charge on any atom is -0.455 e. The van der Waals surface area contributed by atoms with Crippen molar-refractivity contribution >= 4 is 11.8 Å². The number of Topliss-reactive ketones (excluding diaryl/α,β-unsaturated/α-hetero) is 1. The first kappa shape index (κ1) is 6.99. The maximum Gasteiger partial charge on any atom is 0.375 e. The quantitative estimate of drug-likeness (QED) is 0.279. The Balaban J connectivity index is 2.66. The van der Waals surface area contributed by atoms with E-state index in [9.17, 15) is 9.59 Å². The van der Waals surface area contributed by atoms with Crippen molar-refractivity contribution < 1.29 is 14.3 Å². The molecule has 1 heterocycles. The fourth-order valence-electron chi connectivity index (χ4n) is 0.754. The summed E-state index contributed by atoms with van der Waals surface area (Å²) >= 11 is 0. The number of esters is 1. The normalized spacial score (nSPS) is 23.1. The van der Waals surface area contributed by atoms with Gasteiger partial charge in [0.25, 0.3) is 0 Å². The Bertz CT molecular complexity index is 203. The molecule has 0 radical (unpaired) electrons. The minimum absolute atomic E-state index is 0.231. The predicted molar refractivity (Wildman–Crippen MR) is 34.3 cm³/mol. The summed E-state index contributed by atoms with van der Waals surface area (Å²) in [5.41, 5.74) is 0.879. The largest absolute Gasteiger partial charge is 0.455 e. The predicted octanol–water partition coefficient (Wildman–Crippen LogP) is 0.449. The fourth-order valence-corrected chi connectivity index (χ4v) is 0.754. The van der Waals surface area contributed by atoms with Crippen LogP contribution in [-0.2, 0) is 14.3 Å². The number of cyclic esters (lactones) is 1. The third kappa shape index (κ3) is 1.23. The fraction of sp³-hybridized carbons (Fsp3) is 0.429. The Morgan fingerprint density at radius 1 is 1.50 bits per heavy atom. The van der Waals surface area contributed by atoms with E-state index in [1.165, 1.54) is 0 Å². The lowest BCUT2D eigenvalue weighted by Gasteiger charge is -2.11. The highest BCUT2D eigenvalue weighted by molar-refractivity contribution is 6.34. The summed E-state index contributed by atoms with van der Waals surface area (Å²) in [6.07, 6.45) is 2.03. The first-order valence-electron chi connectivity index (χ1n) is 3.08. The van der Waals surface area contributed by atoms with Gasteiger partial charge in [-0.25, -0.2) is 4.79 Å². The molecule has 10 heavy (non-hydrogen) atoms. The van der Waals surface area contributed by atoms with Gasteiger partial charge in [-0.05, 0) is 12.5 Å². The Kier molecular flexibility index (Phi) is 1.85. The molecule has 0 amide bonds. The van der Waals surface area contributed by atoms with Gasteiger partial charge < -0.3 is 4.74 Å². The van der Waals surface area contributed by atoms with Crippen LogP contribution in [0.25, 0.3) is 0 Å². The van der Waals surface area contributed by atoms with E-state index in [1.54, 1.807) is 6.08 Å². The van der Waals surface area contributed by atoms with E-state index in [1.807, 2.05) is 6.92 Å². The average molecular weight is 140 g/mol. The third-order valence-electron chi connectivity index (χ3n) is 1.41. The lowest BCUT2D eigenvalue weighted by molar-refractivity contribution is -0.155. The number of allylic oxidation sites excluding steroid dienone is 1. The molecule has 0 unspecified atom stereocenters. The van der Waals surface area contributed by atoms with Gasteiger partial charge >= 0.3 is 5.97 Å². The second-order valence-corrected chi connectivity index (χ2v) is 2.12. The number of hydrogen-bond donors (Lipinski definition) is 0. The van der Waals surface area contributed by atoms with Crippen molar-refractivity contribution in [3.8, 4) is 0 Å². The second kappa shape index (κ2) is 2.64. The van der Waals surface area contributed by atoms with Gasteiger partial charge in [0.05, 0.1) is 0 Å². The van der Waals surface area contributed by atoms with Crippen molar-refractivity contribution in [2.24, 2.45) is 0 Å². The molecule has 3 nitrogen and oxygen atoms in total. The van der Waals surface area contributed by atoms with Gasteiger partial charge in [-0.2, -0.15) is 0 Å². The molecule has 0 spiro atoms. The SMILES string of the molecule is C/C=C1/COC(=O)C(=O)C1. The van der Waals surface area contributed by atoms with Crippen LogP contribution >= 0.6 is 0 Å².